The third-order valence-corrected chi connectivity index (χ3v) is 5.90. The monoisotopic (exact) mass is 436 g/mol. The van der Waals surface area contributed by atoms with Crippen LogP contribution in [0.15, 0.2) is 47.8 Å². The summed E-state index contributed by atoms with van der Waals surface area (Å²) < 4.78 is 11.1. The Labute approximate surface area is 185 Å². The number of aryl methyl sites for hydroxylation is 1. The molecule has 1 aromatic heterocycles. The summed E-state index contributed by atoms with van der Waals surface area (Å²) in [6.07, 6.45) is 0.0399. The second-order valence-electron chi connectivity index (χ2n) is 7.29. The first kappa shape index (κ1) is 21.1. The van der Waals surface area contributed by atoms with Crippen molar-refractivity contribution in [2.45, 2.75) is 39.8 Å². The Hall–Kier alpha value is -3.19. The molecule has 1 unspecified atom stereocenters. The Morgan fingerprint density at radius 1 is 1.23 bits per heavy atom. The molecule has 7 heteroatoms. The maximum atomic E-state index is 13.2. The third kappa shape index (κ3) is 4.32. The quantitative estimate of drug-likeness (QED) is 0.509. The normalized spacial score (nSPS) is 15.4. The summed E-state index contributed by atoms with van der Waals surface area (Å²) in [7, 11) is 0. The molecule has 0 fully saturated rings. The standard InChI is InChI=1S/C24H24N2O4S/c1-4-21-23(27)26(13-16-7-6-8-18(11-16)24(28)29-5-2)20-12-17(9-10-22(20)30-21)19-14-31-15(3)25-19/h6-12,14,21H,4-5,13H2,1-3H3. The first-order valence-electron chi connectivity index (χ1n) is 10.3. The number of hydrogen-bond donors (Lipinski definition) is 0. The smallest absolute Gasteiger partial charge is 0.338 e. The van der Waals surface area contributed by atoms with Crippen LogP contribution in [0.25, 0.3) is 11.3 Å². The highest BCUT2D eigenvalue weighted by Crippen LogP contribution is 2.39. The summed E-state index contributed by atoms with van der Waals surface area (Å²) in [4.78, 5) is 31.6. The van der Waals surface area contributed by atoms with Crippen LogP contribution in [0.3, 0.4) is 0 Å². The van der Waals surface area contributed by atoms with Crippen LogP contribution in [0, 0.1) is 6.92 Å². The van der Waals surface area contributed by atoms with E-state index < -0.39 is 6.10 Å². The van der Waals surface area contributed by atoms with Crippen LogP contribution in [0.1, 0.15) is 41.2 Å². The lowest BCUT2D eigenvalue weighted by Crippen LogP contribution is -2.45. The second kappa shape index (κ2) is 8.89. The average Bonchev–Trinajstić information content (AvgIpc) is 3.22. The number of thiazole rings is 1. The van der Waals surface area contributed by atoms with Crippen LogP contribution >= 0.6 is 11.3 Å². The molecule has 1 amide bonds. The fourth-order valence-corrected chi connectivity index (χ4v) is 4.22. The zero-order valence-electron chi connectivity index (χ0n) is 17.8. The lowest BCUT2D eigenvalue weighted by molar-refractivity contribution is -0.126. The number of amides is 1. The maximum absolute atomic E-state index is 13.2. The molecule has 0 aliphatic carbocycles. The summed E-state index contributed by atoms with van der Waals surface area (Å²) in [5, 5.41) is 2.99. The number of rotatable bonds is 6. The van der Waals surface area contributed by atoms with Crippen LogP contribution in [-0.4, -0.2) is 29.6 Å². The van der Waals surface area contributed by atoms with Crippen LogP contribution in [-0.2, 0) is 16.1 Å². The maximum Gasteiger partial charge on any atom is 0.338 e. The number of aromatic nitrogens is 1. The molecule has 2 aromatic carbocycles. The highest BCUT2D eigenvalue weighted by Gasteiger charge is 2.33. The number of fused-ring (bicyclic) bond motifs is 1. The van der Waals surface area contributed by atoms with Gasteiger partial charge < -0.3 is 14.4 Å². The van der Waals surface area contributed by atoms with Crippen molar-refractivity contribution in [3.8, 4) is 17.0 Å². The van der Waals surface area contributed by atoms with Gasteiger partial charge in [0.15, 0.2) is 6.10 Å². The largest absolute Gasteiger partial charge is 0.478 e. The first-order chi connectivity index (χ1) is 15.0. The molecule has 0 spiro atoms. The van der Waals surface area contributed by atoms with Crippen molar-refractivity contribution in [1.82, 2.24) is 4.98 Å². The van der Waals surface area contributed by atoms with Crippen molar-refractivity contribution < 1.29 is 19.1 Å². The zero-order valence-corrected chi connectivity index (χ0v) is 18.6. The Morgan fingerprint density at radius 3 is 2.77 bits per heavy atom. The summed E-state index contributed by atoms with van der Waals surface area (Å²) in [6.45, 7) is 6.32. The average molecular weight is 437 g/mol. The van der Waals surface area contributed by atoms with Crippen molar-refractivity contribution in [3.05, 3.63) is 64.0 Å². The predicted octanol–water partition coefficient (Wildman–Crippen LogP) is 5.00. The Morgan fingerprint density at radius 2 is 2.06 bits per heavy atom. The zero-order chi connectivity index (χ0) is 22.0. The van der Waals surface area contributed by atoms with E-state index in [1.165, 1.54) is 0 Å². The molecular weight excluding hydrogens is 412 g/mol. The number of anilines is 1. The number of ether oxygens (including phenoxy) is 2. The van der Waals surface area contributed by atoms with Gasteiger partial charge in [-0.15, -0.1) is 11.3 Å². The molecule has 0 saturated heterocycles. The van der Waals surface area contributed by atoms with Gasteiger partial charge in [0.25, 0.3) is 5.91 Å². The topological polar surface area (TPSA) is 68.7 Å². The summed E-state index contributed by atoms with van der Waals surface area (Å²) >= 11 is 1.59. The van der Waals surface area contributed by atoms with Crippen molar-refractivity contribution in [2.24, 2.45) is 0 Å². The third-order valence-electron chi connectivity index (χ3n) is 5.12. The van der Waals surface area contributed by atoms with Crippen LogP contribution in [0.4, 0.5) is 5.69 Å². The van der Waals surface area contributed by atoms with Gasteiger partial charge in [-0.25, -0.2) is 9.78 Å². The Bertz CT molecular complexity index is 1120. The van der Waals surface area contributed by atoms with Crippen LogP contribution in [0.2, 0.25) is 0 Å². The molecule has 1 aliphatic rings. The highest BCUT2D eigenvalue weighted by atomic mass is 32.1. The second-order valence-corrected chi connectivity index (χ2v) is 8.36. The molecule has 1 aliphatic heterocycles. The van der Waals surface area contributed by atoms with Crippen molar-refractivity contribution in [1.29, 1.82) is 0 Å². The minimum absolute atomic E-state index is 0.0943. The lowest BCUT2D eigenvalue weighted by atomic mass is 10.0. The molecule has 160 valence electrons. The Balaban J connectivity index is 1.71. The summed E-state index contributed by atoms with van der Waals surface area (Å²) in [6, 6.07) is 13.0. The van der Waals surface area contributed by atoms with Gasteiger partial charge in [-0.2, -0.15) is 0 Å². The molecule has 4 rings (SSSR count). The summed E-state index contributed by atoms with van der Waals surface area (Å²) in [5.41, 5.74) is 3.83. The number of hydrogen-bond acceptors (Lipinski definition) is 6. The fourth-order valence-electron chi connectivity index (χ4n) is 3.59. The van der Waals surface area contributed by atoms with Gasteiger partial charge in [0.05, 0.1) is 35.1 Å². The molecule has 0 bridgehead atoms. The van der Waals surface area contributed by atoms with E-state index in [-0.39, 0.29) is 11.9 Å². The number of carbonyl (C=O) groups is 2. The molecule has 3 aromatic rings. The SMILES string of the molecule is CCOC(=O)c1cccc(CN2C(=O)C(CC)Oc3ccc(-c4csc(C)n4)cc32)c1. The number of carbonyl (C=O) groups excluding carboxylic acids is 2. The van der Waals surface area contributed by atoms with Gasteiger partial charge in [0.2, 0.25) is 0 Å². The van der Waals surface area contributed by atoms with Crippen molar-refractivity contribution in [2.75, 3.05) is 11.5 Å². The molecule has 0 N–H and O–H groups in total. The van der Waals surface area contributed by atoms with Crippen LogP contribution in [0.5, 0.6) is 5.75 Å². The van der Waals surface area contributed by atoms with Gasteiger partial charge >= 0.3 is 5.97 Å². The molecule has 2 heterocycles. The fraction of sp³-hybridized carbons (Fsp3) is 0.292. The number of nitrogens with zero attached hydrogens (tertiary/aromatic N) is 2. The van der Waals surface area contributed by atoms with Gasteiger partial charge in [0, 0.05) is 10.9 Å². The van der Waals surface area contributed by atoms with E-state index in [2.05, 4.69) is 4.98 Å². The van der Waals surface area contributed by atoms with E-state index >= 15 is 0 Å². The first-order valence-corrected chi connectivity index (χ1v) is 11.2. The molecule has 1 atom stereocenters. The lowest BCUT2D eigenvalue weighted by Gasteiger charge is -2.34. The van der Waals surface area contributed by atoms with E-state index in [1.54, 1.807) is 41.4 Å². The van der Waals surface area contributed by atoms with E-state index in [0.717, 1.165) is 21.8 Å². The predicted molar refractivity (Wildman–Crippen MR) is 121 cm³/mol. The van der Waals surface area contributed by atoms with Crippen molar-refractivity contribution >= 4 is 28.9 Å². The minimum Gasteiger partial charge on any atom is -0.478 e. The van der Waals surface area contributed by atoms with E-state index in [9.17, 15) is 9.59 Å². The number of esters is 1. The molecular formula is C24H24N2O4S. The highest BCUT2D eigenvalue weighted by molar-refractivity contribution is 7.09. The van der Waals surface area contributed by atoms with E-state index in [0.29, 0.717) is 36.6 Å². The van der Waals surface area contributed by atoms with E-state index in [1.807, 2.05) is 43.5 Å². The number of benzene rings is 2. The minimum atomic E-state index is -0.534. The van der Waals surface area contributed by atoms with Gasteiger partial charge in [0.1, 0.15) is 5.75 Å². The Kier molecular flexibility index (Phi) is 6.04. The van der Waals surface area contributed by atoms with Gasteiger partial charge in [-0.1, -0.05) is 19.1 Å². The van der Waals surface area contributed by atoms with Gasteiger partial charge in [-0.05, 0) is 56.2 Å². The summed E-state index contributed by atoms with van der Waals surface area (Å²) in [5.74, 6) is 0.206. The van der Waals surface area contributed by atoms with Crippen molar-refractivity contribution in [3.63, 3.8) is 0 Å². The molecule has 0 radical (unpaired) electrons. The van der Waals surface area contributed by atoms with Gasteiger partial charge in [-0.3, -0.25) is 4.79 Å². The molecule has 0 saturated carbocycles. The molecule has 6 nitrogen and oxygen atoms in total. The van der Waals surface area contributed by atoms with Crippen LogP contribution < -0.4 is 9.64 Å². The van der Waals surface area contributed by atoms with E-state index in [4.69, 9.17) is 9.47 Å². The molecule has 31 heavy (non-hydrogen) atoms.